The van der Waals surface area contributed by atoms with Gasteiger partial charge < -0.3 is 10.5 Å². The van der Waals surface area contributed by atoms with Crippen LogP contribution in [0.4, 0.5) is 0 Å². The first-order chi connectivity index (χ1) is 8.53. The lowest BCUT2D eigenvalue weighted by molar-refractivity contribution is -0.145. The topological polar surface area (TPSA) is 52.3 Å². The van der Waals surface area contributed by atoms with Gasteiger partial charge in [-0.1, -0.05) is 6.07 Å². The molecule has 2 rings (SSSR count). The summed E-state index contributed by atoms with van der Waals surface area (Å²) in [6.45, 7) is 1.71. The first-order valence-electron chi connectivity index (χ1n) is 6.15. The second-order valence-corrected chi connectivity index (χ2v) is 6.03. The maximum Gasteiger partial charge on any atom is 0.326 e. The van der Waals surface area contributed by atoms with E-state index >= 15 is 0 Å². The lowest BCUT2D eigenvalue weighted by Gasteiger charge is -2.20. The Hall–Kier alpha value is -1.00. The molecule has 1 aromatic rings. The number of carbonyl (C=O) groups is 1. The SMILES string of the molecule is COC(=O)C(C)(N)CSc1ccc2c(c1)CCC2. The van der Waals surface area contributed by atoms with E-state index in [0.717, 1.165) is 0 Å². The molecule has 0 aromatic heterocycles. The fourth-order valence-electron chi connectivity index (χ4n) is 2.16. The zero-order valence-electron chi connectivity index (χ0n) is 10.9. The van der Waals surface area contributed by atoms with E-state index in [0.29, 0.717) is 5.75 Å². The largest absolute Gasteiger partial charge is 0.468 e. The third-order valence-electron chi connectivity index (χ3n) is 3.26. The van der Waals surface area contributed by atoms with Gasteiger partial charge in [-0.05, 0) is 49.4 Å². The summed E-state index contributed by atoms with van der Waals surface area (Å²) in [6, 6.07) is 6.53. The van der Waals surface area contributed by atoms with Crippen molar-refractivity contribution < 1.29 is 9.53 Å². The summed E-state index contributed by atoms with van der Waals surface area (Å²) in [7, 11) is 1.37. The zero-order valence-corrected chi connectivity index (χ0v) is 11.7. The van der Waals surface area contributed by atoms with Crippen LogP contribution in [0.25, 0.3) is 0 Å². The van der Waals surface area contributed by atoms with Gasteiger partial charge in [-0.15, -0.1) is 11.8 Å². The highest BCUT2D eigenvalue weighted by molar-refractivity contribution is 7.99. The number of thioether (sulfide) groups is 1. The van der Waals surface area contributed by atoms with Crippen LogP contribution in [0, 0.1) is 0 Å². The van der Waals surface area contributed by atoms with Gasteiger partial charge in [0.05, 0.1) is 7.11 Å². The van der Waals surface area contributed by atoms with Gasteiger partial charge in [-0.3, -0.25) is 4.79 Å². The summed E-state index contributed by atoms with van der Waals surface area (Å²) in [5, 5.41) is 0. The zero-order chi connectivity index (χ0) is 13.2. The van der Waals surface area contributed by atoms with Crippen LogP contribution in [-0.2, 0) is 22.4 Å². The highest BCUT2D eigenvalue weighted by atomic mass is 32.2. The van der Waals surface area contributed by atoms with E-state index in [-0.39, 0.29) is 5.97 Å². The molecule has 0 amide bonds. The Balaban J connectivity index is 2.00. The second kappa shape index (κ2) is 5.33. The minimum Gasteiger partial charge on any atom is -0.468 e. The number of fused-ring (bicyclic) bond motifs is 1. The number of hydrogen-bond acceptors (Lipinski definition) is 4. The first-order valence-corrected chi connectivity index (χ1v) is 7.13. The van der Waals surface area contributed by atoms with Crippen LogP contribution >= 0.6 is 11.8 Å². The van der Waals surface area contributed by atoms with Crippen LogP contribution in [0.5, 0.6) is 0 Å². The molecule has 0 spiro atoms. The van der Waals surface area contributed by atoms with Crippen LogP contribution in [-0.4, -0.2) is 24.4 Å². The molecular formula is C14H19NO2S. The normalized spacial score (nSPS) is 17.1. The predicted molar refractivity (Wildman–Crippen MR) is 73.8 cm³/mol. The lowest BCUT2D eigenvalue weighted by Crippen LogP contribution is -2.48. The van der Waals surface area contributed by atoms with Crippen molar-refractivity contribution in [3.63, 3.8) is 0 Å². The molecule has 0 aliphatic heterocycles. The monoisotopic (exact) mass is 265 g/mol. The van der Waals surface area contributed by atoms with Crippen molar-refractivity contribution in [2.45, 2.75) is 36.6 Å². The Bertz CT molecular complexity index is 457. The highest BCUT2D eigenvalue weighted by Crippen LogP contribution is 2.29. The van der Waals surface area contributed by atoms with Crippen molar-refractivity contribution >= 4 is 17.7 Å². The van der Waals surface area contributed by atoms with Crippen molar-refractivity contribution in [3.05, 3.63) is 29.3 Å². The number of aryl methyl sites for hydroxylation is 2. The quantitative estimate of drug-likeness (QED) is 0.669. The average molecular weight is 265 g/mol. The van der Waals surface area contributed by atoms with Gasteiger partial charge >= 0.3 is 5.97 Å². The maximum absolute atomic E-state index is 11.5. The average Bonchev–Trinajstić information content (AvgIpc) is 2.82. The molecule has 0 radical (unpaired) electrons. The Labute approximate surface area is 112 Å². The number of rotatable bonds is 4. The van der Waals surface area contributed by atoms with Crippen LogP contribution in [0.3, 0.4) is 0 Å². The van der Waals surface area contributed by atoms with E-state index in [1.165, 1.54) is 42.4 Å². The fraction of sp³-hybridized carbons (Fsp3) is 0.500. The Morgan fingerprint density at radius 2 is 2.17 bits per heavy atom. The number of nitrogens with two attached hydrogens (primary N) is 1. The van der Waals surface area contributed by atoms with Crippen molar-refractivity contribution in [1.82, 2.24) is 0 Å². The molecule has 0 saturated heterocycles. The summed E-state index contributed by atoms with van der Waals surface area (Å²) in [5.41, 5.74) is 7.91. The third kappa shape index (κ3) is 2.87. The molecule has 0 saturated carbocycles. The molecule has 1 aliphatic rings. The Kier molecular flexibility index (Phi) is 3.97. The number of hydrogen-bond donors (Lipinski definition) is 1. The van der Waals surface area contributed by atoms with E-state index in [2.05, 4.69) is 18.2 Å². The molecule has 1 atom stereocenters. The summed E-state index contributed by atoms with van der Waals surface area (Å²) >= 11 is 1.61. The minimum atomic E-state index is -0.932. The van der Waals surface area contributed by atoms with Crippen LogP contribution in [0.2, 0.25) is 0 Å². The molecule has 0 fully saturated rings. The summed E-state index contributed by atoms with van der Waals surface area (Å²) < 4.78 is 4.70. The summed E-state index contributed by atoms with van der Waals surface area (Å²) in [5.74, 6) is 0.162. The number of ether oxygens (including phenoxy) is 1. The van der Waals surface area contributed by atoms with Crippen LogP contribution in [0.15, 0.2) is 23.1 Å². The van der Waals surface area contributed by atoms with Gasteiger partial charge in [0, 0.05) is 10.6 Å². The van der Waals surface area contributed by atoms with E-state index in [1.807, 2.05) is 0 Å². The fourth-order valence-corrected chi connectivity index (χ4v) is 3.14. The molecule has 4 heteroatoms. The van der Waals surface area contributed by atoms with Gasteiger partial charge in [0.1, 0.15) is 5.54 Å². The number of carbonyl (C=O) groups excluding carboxylic acids is 1. The molecule has 1 aromatic carbocycles. The predicted octanol–water partition coefficient (Wildman–Crippen LogP) is 2.16. The van der Waals surface area contributed by atoms with Crippen molar-refractivity contribution in [1.29, 1.82) is 0 Å². The molecule has 1 unspecified atom stereocenters. The number of methoxy groups -OCH3 is 1. The van der Waals surface area contributed by atoms with Gasteiger partial charge in [0.2, 0.25) is 0 Å². The van der Waals surface area contributed by atoms with E-state index in [9.17, 15) is 4.79 Å². The number of esters is 1. The Morgan fingerprint density at radius 1 is 1.44 bits per heavy atom. The molecule has 0 bridgehead atoms. The highest BCUT2D eigenvalue weighted by Gasteiger charge is 2.29. The third-order valence-corrected chi connectivity index (χ3v) is 4.59. The first kappa shape index (κ1) is 13.4. The number of benzene rings is 1. The molecule has 18 heavy (non-hydrogen) atoms. The molecule has 2 N–H and O–H groups in total. The van der Waals surface area contributed by atoms with Crippen molar-refractivity contribution in [3.8, 4) is 0 Å². The smallest absolute Gasteiger partial charge is 0.326 e. The molecule has 98 valence electrons. The Morgan fingerprint density at radius 3 is 2.89 bits per heavy atom. The molecular weight excluding hydrogens is 246 g/mol. The van der Waals surface area contributed by atoms with E-state index < -0.39 is 5.54 Å². The van der Waals surface area contributed by atoms with Gasteiger partial charge in [0.15, 0.2) is 0 Å². The van der Waals surface area contributed by atoms with E-state index in [4.69, 9.17) is 10.5 Å². The van der Waals surface area contributed by atoms with Crippen LogP contribution in [0.1, 0.15) is 24.5 Å². The second-order valence-electron chi connectivity index (χ2n) is 4.98. The summed E-state index contributed by atoms with van der Waals surface area (Å²) in [6.07, 6.45) is 3.61. The lowest BCUT2D eigenvalue weighted by atomic mass is 10.1. The van der Waals surface area contributed by atoms with Gasteiger partial charge in [-0.25, -0.2) is 0 Å². The van der Waals surface area contributed by atoms with Gasteiger partial charge in [-0.2, -0.15) is 0 Å². The minimum absolute atomic E-state index is 0.365. The van der Waals surface area contributed by atoms with Crippen LogP contribution < -0.4 is 5.73 Å². The standard InChI is InChI=1S/C14H19NO2S/c1-14(15,13(16)17-2)9-18-12-7-6-10-4-3-5-11(10)8-12/h6-8H,3-5,9,15H2,1-2H3. The van der Waals surface area contributed by atoms with E-state index in [1.54, 1.807) is 18.7 Å². The molecule has 0 heterocycles. The molecule has 3 nitrogen and oxygen atoms in total. The van der Waals surface area contributed by atoms with Crippen molar-refractivity contribution in [2.75, 3.05) is 12.9 Å². The van der Waals surface area contributed by atoms with Crippen molar-refractivity contribution in [2.24, 2.45) is 5.73 Å². The summed E-state index contributed by atoms with van der Waals surface area (Å²) in [4.78, 5) is 12.7. The maximum atomic E-state index is 11.5. The molecule has 1 aliphatic carbocycles. The van der Waals surface area contributed by atoms with Gasteiger partial charge in [0.25, 0.3) is 0 Å².